The molecule has 0 N–H and O–H groups in total. The molecule has 360 valence electrons. The second-order valence-electron chi connectivity index (χ2n) is 19.7. The van der Waals surface area contributed by atoms with Gasteiger partial charge in [0.25, 0.3) is 0 Å². The van der Waals surface area contributed by atoms with Crippen LogP contribution in [-0.2, 0) is 9.53 Å². The van der Waals surface area contributed by atoms with E-state index in [4.69, 9.17) is 4.74 Å². The van der Waals surface area contributed by atoms with Crippen molar-refractivity contribution in [2.45, 2.75) is 323 Å². The SMILES string of the molecule is CC/C=C\C/C=C\C/C=C\CCCCCCCC(=O)OCCCCCCCCCCCCCCCCCCCCCCCCCCCCCCCCCCCCCCC(C)C. The second-order valence-corrected chi connectivity index (χ2v) is 19.7. The molecule has 0 bridgehead atoms. The smallest absolute Gasteiger partial charge is 0.305 e. The molecule has 0 aliphatic heterocycles. The molecule has 0 amide bonds. The van der Waals surface area contributed by atoms with Crippen LogP contribution in [0.2, 0.25) is 0 Å². The zero-order valence-electron chi connectivity index (χ0n) is 42.3. The third kappa shape index (κ3) is 56.7. The highest BCUT2D eigenvalue weighted by Crippen LogP contribution is 2.18. The fourth-order valence-corrected chi connectivity index (χ4v) is 8.81. The van der Waals surface area contributed by atoms with Crippen molar-refractivity contribution in [2.24, 2.45) is 5.92 Å². The van der Waals surface area contributed by atoms with E-state index in [1.807, 2.05) is 0 Å². The summed E-state index contributed by atoms with van der Waals surface area (Å²) >= 11 is 0. The van der Waals surface area contributed by atoms with E-state index >= 15 is 0 Å². The highest BCUT2D eigenvalue weighted by molar-refractivity contribution is 5.69. The van der Waals surface area contributed by atoms with Crippen molar-refractivity contribution in [1.82, 2.24) is 0 Å². The van der Waals surface area contributed by atoms with Gasteiger partial charge in [0.1, 0.15) is 0 Å². The molecule has 0 unspecified atom stereocenters. The Balaban J connectivity index is 3.16. The predicted octanol–water partition coefficient (Wildman–Crippen LogP) is 21.2. The van der Waals surface area contributed by atoms with Crippen LogP contribution < -0.4 is 0 Å². The molecule has 0 aromatic carbocycles. The topological polar surface area (TPSA) is 26.3 Å². The average Bonchev–Trinajstić information content (AvgIpc) is 3.25. The fourth-order valence-electron chi connectivity index (χ4n) is 8.81. The molecule has 0 aliphatic carbocycles. The molecule has 0 aliphatic rings. The van der Waals surface area contributed by atoms with Crippen LogP contribution in [0.15, 0.2) is 36.5 Å². The molecule has 2 nitrogen and oxygen atoms in total. The number of hydrogen-bond donors (Lipinski definition) is 0. The molecule has 0 saturated heterocycles. The molecule has 0 rings (SSSR count). The van der Waals surface area contributed by atoms with Crippen molar-refractivity contribution < 1.29 is 9.53 Å². The Kier molecular flexibility index (Phi) is 53.6. The van der Waals surface area contributed by atoms with E-state index in [1.165, 1.54) is 257 Å². The van der Waals surface area contributed by atoms with Gasteiger partial charge in [0, 0.05) is 6.42 Å². The van der Waals surface area contributed by atoms with Gasteiger partial charge in [-0.2, -0.15) is 0 Å². The maximum absolute atomic E-state index is 12.0. The normalized spacial score (nSPS) is 12.1. The summed E-state index contributed by atoms with van der Waals surface area (Å²) in [5, 5.41) is 0. The van der Waals surface area contributed by atoms with E-state index in [-0.39, 0.29) is 5.97 Å². The zero-order valence-corrected chi connectivity index (χ0v) is 42.3. The summed E-state index contributed by atoms with van der Waals surface area (Å²) in [6.07, 6.45) is 77.6. The molecule has 0 aromatic heterocycles. The zero-order chi connectivity index (χ0) is 44.0. The third-order valence-electron chi connectivity index (χ3n) is 13.0. The van der Waals surface area contributed by atoms with Gasteiger partial charge < -0.3 is 4.74 Å². The molecule has 0 saturated carbocycles. The number of hydrogen-bond acceptors (Lipinski definition) is 2. The Labute approximate surface area is 385 Å². The van der Waals surface area contributed by atoms with Crippen LogP contribution >= 0.6 is 0 Å². The highest BCUT2D eigenvalue weighted by Gasteiger charge is 2.03. The van der Waals surface area contributed by atoms with Gasteiger partial charge in [-0.25, -0.2) is 0 Å². The largest absolute Gasteiger partial charge is 0.466 e. The molecule has 0 aromatic rings. The van der Waals surface area contributed by atoms with Gasteiger partial charge in [0.05, 0.1) is 6.61 Å². The van der Waals surface area contributed by atoms with E-state index < -0.39 is 0 Å². The van der Waals surface area contributed by atoms with E-state index in [0.717, 1.165) is 44.4 Å². The first-order valence-corrected chi connectivity index (χ1v) is 28.3. The summed E-state index contributed by atoms with van der Waals surface area (Å²) in [5.41, 5.74) is 0. The minimum atomic E-state index is 0.0117. The van der Waals surface area contributed by atoms with Gasteiger partial charge in [-0.15, -0.1) is 0 Å². The number of carbonyl (C=O) groups excluding carboxylic acids is 1. The van der Waals surface area contributed by atoms with Crippen molar-refractivity contribution >= 4 is 5.97 Å². The standard InChI is InChI=1S/C59H112O2/c1-4-5-6-7-8-9-10-11-34-38-41-44-47-50-53-56-59(60)61-57-54-51-48-45-42-39-36-33-31-29-27-25-23-21-19-17-15-13-12-14-16-18-20-22-24-26-28-30-32-35-37-40-43-46-49-52-55-58(2)3/h5-6,8-9,11,34,58H,4,7,10,12-33,35-57H2,1-3H3/b6-5-,9-8-,34-11-. The lowest BCUT2D eigenvalue weighted by Crippen LogP contribution is -2.05. The molecule has 0 radical (unpaired) electrons. The van der Waals surface area contributed by atoms with Crippen molar-refractivity contribution in [3.63, 3.8) is 0 Å². The Morgan fingerprint density at radius 1 is 0.344 bits per heavy atom. The molecular formula is C59H112O2. The Hall–Kier alpha value is -1.31. The molecule has 61 heavy (non-hydrogen) atoms. The summed E-state index contributed by atoms with van der Waals surface area (Å²) in [7, 11) is 0. The minimum absolute atomic E-state index is 0.0117. The van der Waals surface area contributed by atoms with Crippen molar-refractivity contribution in [3.05, 3.63) is 36.5 Å². The Morgan fingerprint density at radius 2 is 0.623 bits per heavy atom. The summed E-state index contributed by atoms with van der Waals surface area (Å²) in [5.74, 6) is 0.901. The number of esters is 1. The van der Waals surface area contributed by atoms with Crippen LogP contribution in [-0.4, -0.2) is 12.6 Å². The minimum Gasteiger partial charge on any atom is -0.466 e. The quantitative estimate of drug-likeness (QED) is 0.0346. The second kappa shape index (κ2) is 54.8. The number of unbranched alkanes of at least 4 members (excludes halogenated alkanes) is 40. The first kappa shape index (κ1) is 59.7. The Bertz CT molecular complexity index is 898. The molecule has 2 heteroatoms. The summed E-state index contributed by atoms with van der Waals surface area (Å²) < 4.78 is 5.48. The van der Waals surface area contributed by atoms with E-state index in [0.29, 0.717) is 13.0 Å². The van der Waals surface area contributed by atoms with Gasteiger partial charge in [0.2, 0.25) is 0 Å². The van der Waals surface area contributed by atoms with Crippen molar-refractivity contribution in [1.29, 1.82) is 0 Å². The molecular weight excluding hydrogens is 741 g/mol. The summed E-state index contributed by atoms with van der Waals surface area (Å²) in [4.78, 5) is 12.0. The lowest BCUT2D eigenvalue weighted by molar-refractivity contribution is -0.143. The number of rotatable bonds is 52. The summed E-state index contributed by atoms with van der Waals surface area (Å²) in [6, 6.07) is 0. The first-order chi connectivity index (χ1) is 30.2. The third-order valence-corrected chi connectivity index (χ3v) is 13.0. The highest BCUT2D eigenvalue weighted by atomic mass is 16.5. The summed E-state index contributed by atoms with van der Waals surface area (Å²) in [6.45, 7) is 7.49. The van der Waals surface area contributed by atoms with Crippen LogP contribution in [0, 0.1) is 5.92 Å². The van der Waals surface area contributed by atoms with Crippen LogP contribution in [0.5, 0.6) is 0 Å². The maximum Gasteiger partial charge on any atom is 0.305 e. The predicted molar refractivity (Wildman–Crippen MR) is 276 cm³/mol. The van der Waals surface area contributed by atoms with Crippen LogP contribution in [0.3, 0.4) is 0 Å². The number of carbonyl (C=O) groups is 1. The number of ether oxygens (including phenoxy) is 1. The van der Waals surface area contributed by atoms with E-state index in [2.05, 4.69) is 57.2 Å². The Morgan fingerprint density at radius 3 is 0.967 bits per heavy atom. The van der Waals surface area contributed by atoms with Gasteiger partial charge in [-0.05, 0) is 50.9 Å². The van der Waals surface area contributed by atoms with Gasteiger partial charge in [-0.1, -0.05) is 308 Å². The van der Waals surface area contributed by atoms with E-state index in [9.17, 15) is 4.79 Å². The molecule has 0 fully saturated rings. The average molecular weight is 854 g/mol. The van der Waals surface area contributed by atoms with Crippen LogP contribution in [0.25, 0.3) is 0 Å². The van der Waals surface area contributed by atoms with Crippen molar-refractivity contribution in [2.75, 3.05) is 6.61 Å². The first-order valence-electron chi connectivity index (χ1n) is 28.3. The lowest BCUT2D eigenvalue weighted by atomic mass is 10.0. The number of allylic oxidation sites excluding steroid dienone is 6. The van der Waals surface area contributed by atoms with Gasteiger partial charge >= 0.3 is 5.97 Å². The lowest BCUT2D eigenvalue weighted by Gasteiger charge is -2.06. The molecule has 0 atom stereocenters. The monoisotopic (exact) mass is 853 g/mol. The fraction of sp³-hybridized carbons (Fsp3) is 0.881. The van der Waals surface area contributed by atoms with Gasteiger partial charge in [0.15, 0.2) is 0 Å². The van der Waals surface area contributed by atoms with Crippen LogP contribution in [0.4, 0.5) is 0 Å². The maximum atomic E-state index is 12.0. The van der Waals surface area contributed by atoms with Gasteiger partial charge in [-0.3, -0.25) is 4.79 Å². The van der Waals surface area contributed by atoms with E-state index in [1.54, 1.807) is 0 Å². The van der Waals surface area contributed by atoms with Crippen molar-refractivity contribution in [3.8, 4) is 0 Å². The molecule has 0 spiro atoms. The van der Waals surface area contributed by atoms with Crippen LogP contribution in [0.1, 0.15) is 323 Å². The molecule has 0 heterocycles.